The highest BCUT2D eigenvalue weighted by Gasteiger charge is 2.10. The van der Waals surface area contributed by atoms with E-state index in [0.717, 1.165) is 0 Å². The van der Waals surface area contributed by atoms with Gasteiger partial charge in [0.25, 0.3) is 0 Å². The van der Waals surface area contributed by atoms with Gasteiger partial charge in [0, 0.05) is 15.6 Å². The molecule has 25 heavy (non-hydrogen) atoms. The molecule has 0 unspecified atom stereocenters. The zero-order chi connectivity index (χ0) is 18.2. The van der Waals surface area contributed by atoms with Crippen molar-refractivity contribution in [3.63, 3.8) is 0 Å². The van der Waals surface area contributed by atoms with E-state index in [1.54, 1.807) is 36.4 Å². The lowest BCUT2D eigenvalue weighted by molar-refractivity contribution is 0.269. The van der Waals surface area contributed by atoms with E-state index < -0.39 is 0 Å². The normalized spacial score (nSPS) is 9.64. The summed E-state index contributed by atoms with van der Waals surface area (Å²) in [5, 5.41) is 18.8. The van der Waals surface area contributed by atoms with Crippen molar-refractivity contribution in [1.29, 1.82) is 10.5 Å². The van der Waals surface area contributed by atoms with Gasteiger partial charge in [0.2, 0.25) is 0 Å². The number of hydrogen-bond donors (Lipinski definition) is 0. The molecule has 0 aromatic heterocycles. The quantitative estimate of drug-likeness (QED) is 0.636. The first-order valence-electron chi connectivity index (χ1n) is 7.43. The van der Waals surface area contributed by atoms with E-state index in [1.807, 2.05) is 19.1 Å². The van der Waals surface area contributed by atoms with Crippen LogP contribution in [0.25, 0.3) is 6.08 Å². The molecule has 0 bridgehead atoms. The van der Waals surface area contributed by atoms with E-state index in [2.05, 4.69) is 0 Å². The van der Waals surface area contributed by atoms with Gasteiger partial charge in [-0.1, -0.05) is 35.3 Å². The Labute approximate surface area is 156 Å². The number of rotatable bonds is 6. The molecule has 0 fully saturated rings. The predicted octanol–water partition coefficient (Wildman–Crippen LogP) is 5.40. The number of hydrogen-bond acceptors (Lipinski definition) is 4. The van der Waals surface area contributed by atoms with Crippen LogP contribution in [0.2, 0.25) is 10.0 Å². The Bertz CT molecular complexity index is 844. The molecule has 0 atom stereocenters. The summed E-state index contributed by atoms with van der Waals surface area (Å²) in [7, 11) is 0. The summed E-state index contributed by atoms with van der Waals surface area (Å²) in [6.07, 6.45) is 1.48. The van der Waals surface area contributed by atoms with E-state index in [-0.39, 0.29) is 12.2 Å². The van der Waals surface area contributed by atoms with E-state index in [0.29, 0.717) is 39.3 Å². The molecule has 0 amide bonds. The first kappa shape index (κ1) is 18.7. The standard InChI is InChI=1S/C19H14Cl2N2O2/c1-2-24-19-9-13(8-14(10-22)11-23)6-7-18(19)25-12-15-16(20)4-3-5-17(15)21/h3-9H,2,12H2,1H3. The summed E-state index contributed by atoms with van der Waals surface area (Å²) in [6, 6.07) is 14.1. The van der Waals surface area contributed by atoms with Crippen LogP contribution in [0.15, 0.2) is 42.0 Å². The van der Waals surface area contributed by atoms with Crippen molar-refractivity contribution in [3.05, 3.63) is 63.1 Å². The van der Waals surface area contributed by atoms with Crippen LogP contribution in [0.1, 0.15) is 18.1 Å². The largest absolute Gasteiger partial charge is 0.490 e. The van der Waals surface area contributed by atoms with Crippen LogP contribution in [-0.4, -0.2) is 6.61 Å². The van der Waals surface area contributed by atoms with Gasteiger partial charge in [-0.25, -0.2) is 0 Å². The maximum absolute atomic E-state index is 8.86. The van der Waals surface area contributed by atoms with Gasteiger partial charge in [0.05, 0.1) is 6.61 Å². The molecule has 2 aromatic carbocycles. The van der Waals surface area contributed by atoms with Crippen molar-refractivity contribution < 1.29 is 9.47 Å². The molecular weight excluding hydrogens is 359 g/mol. The Morgan fingerprint density at radius 2 is 1.72 bits per heavy atom. The molecule has 4 nitrogen and oxygen atoms in total. The van der Waals surface area contributed by atoms with Crippen molar-refractivity contribution in [2.24, 2.45) is 0 Å². The summed E-state index contributed by atoms with van der Waals surface area (Å²) in [5.41, 5.74) is 1.37. The van der Waals surface area contributed by atoms with Gasteiger partial charge in [-0.3, -0.25) is 0 Å². The first-order valence-corrected chi connectivity index (χ1v) is 8.19. The number of allylic oxidation sites excluding steroid dienone is 1. The van der Waals surface area contributed by atoms with E-state index in [9.17, 15) is 0 Å². The Morgan fingerprint density at radius 3 is 2.32 bits per heavy atom. The van der Waals surface area contributed by atoms with Gasteiger partial charge in [-0.05, 0) is 42.8 Å². The second kappa shape index (κ2) is 8.99. The fourth-order valence-corrected chi connectivity index (χ4v) is 2.58. The molecule has 126 valence electrons. The van der Waals surface area contributed by atoms with Crippen molar-refractivity contribution in [3.8, 4) is 23.6 Å². The average molecular weight is 373 g/mol. The zero-order valence-electron chi connectivity index (χ0n) is 13.4. The van der Waals surface area contributed by atoms with Crippen molar-refractivity contribution >= 4 is 29.3 Å². The maximum Gasteiger partial charge on any atom is 0.161 e. The fraction of sp³-hybridized carbons (Fsp3) is 0.158. The molecule has 0 N–H and O–H groups in total. The molecule has 6 heteroatoms. The smallest absolute Gasteiger partial charge is 0.161 e. The van der Waals surface area contributed by atoms with E-state index in [1.165, 1.54) is 6.08 Å². The summed E-state index contributed by atoms with van der Waals surface area (Å²) in [4.78, 5) is 0. The van der Waals surface area contributed by atoms with Crippen LogP contribution >= 0.6 is 23.2 Å². The third-order valence-corrected chi connectivity index (χ3v) is 3.96. The van der Waals surface area contributed by atoms with Crippen molar-refractivity contribution in [1.82, 2.24) is 0 Å². The van der Waals surface area contributed by atoms with Gasteiger partial charge in [-0.2, -0.15) is 10.5 Å². The Morgan fingerprint density at radius 1 is 1.04 bits per heavy atom. The molecule has 2 aromatic rings. The monoisotopic (exact) mass is 372 g/mol. The van der Waals surface area contributed by atoms with Crippen molar-refractivity contribution in [2.45, 2.75) is 13.5 Å². The van der Waals surface area contributed by atoms with Gasteiger partial charge in [0.15, 0.2) is 11.5 Å². The second-order valence-electron chi connectivity index (χ2n) is 4.91. The van der Waals surface area contributed by atoms with E-state index >= 15 is 0 Å². The summed E-state index contributed by atoms with van der Waals surface area (Å²) in [6.45, 7) is 2.49. The number of nitriles is 2. The van der Waals surface area contributed by atoms with Crippen LogP contribution in [0, 0.1) is 22.7 Å². The SMILES string of the molecule is CCOc1cc(C=C(C#N)C#N)ccc1OCc1c(Cl)cccc1Cl. The number of nitrogens with zero attached hydrogens (tertiary/aromatic N) is 2. The lowest BCUT2D eigenvalue weighted by Gasteiger charge is -2.14. The third kappa shape index (κ3) is 4.90. The van der Waals surface area contributed by atoms with Crippen LogP contribution in [0.3, 0.4) is 0 Å². The minimum atomic E-state index is 0.0129. The number of benzene rings is 2. The Balaban J connectivity index is 2.27. The average Bonchev–Trinajstić information content (AvgIpc) is 2.61. The summed E-state index contributed by atoms with van der Waals surface area (Å²) >= 11 is 12.3. The third-order valence-electron chi connectivity index (χ3n) is 3.25. The minimum Gasteiger partial charge on any atom is -0.490 e. The molecule has 0 heterocycles. The lowest BCUT2D eigenvalue weighted by Crippen LogP contribution is -2.01. The van der Waals surface area contributed by atoms with Gasteiger partial charge < -0.3 is 9.47 Å². The molecule has 0 spiro atoms. The Kier molecular flexibility index (Phi) is 6.71. The molecule has 2 rings (SSSR count). The molecular formula is C19H14Cl2N2O2. The fourth-order valence-electron chi connectivity index (χ4n) is 2.08. The van der Waals surface area contributed by atoms with Gasteiger partial charge in [0.1, 0.15) is 24.3 Å². The van der Waals surface area contributed by atoms with Gasteiger partial charge >= 0.3 is 0 Å². The second-order valence-corrected chi connectivity index (χ2v) is 5.72. The highest BCUT2D eigenvalue weighted by atomic mass is 35.5. The van der Waals surface area contributed by atoms with Gasteiger partial charge in [-0.15, -0.1) is 0 Å². The number of halogens is 2. The zero-order valence-corrected chi connectivity index (χ0v) is 14.9. The highest BCUT2D eigenvalue weighted by Crippen LogP contribution is 2.32. The van der Waals surface area contributed by atoms with Crippen LogP contribution in [0.4, 0.5) is 0 Å². The topological polar surface area (TPSA) is 66.0 Å². The van der Waals surface area contributed by atoms with Crippen molar-refractivity contribution in [2.75, 3.05) is 6.61 Å². The van der Waals surface area contributed by atoms with E-state index in [4.69, 9.17) is 43.2 Å². The summed E-state index contributed by atoms with van der Waals surface area (Å²) < 4.78 is 11.4. The highest BCUT2D eigenvalue weighted by molar-refractivity contribution is 6.35. The maximum atomic E-state index is 8.86. The minimum absolute atomic E-state index is 0.0129. The predicted molar refractivity (Wildman–Crippen MR) is 97.6 cm³/mol. The summed E-state index contributed by atoms with van der Waals surface area (Å²) in [5.74, 6) is 1.03. The molecule has 0 saturated heterocycles. The lowest BCUT2D eigenvalue weighted by atomic mass is 10.1. The molecule has 0 aliphatic heterocycles. The van der Waals surface area contributed by atoms with Crippen LogP contribution < -0.4 is 9.47 Å². The molecule has 0 aliphatic carbocycles. The first-order chi connectivity index (χ1) is 12.1. The van der Waals surface area contributed by atoms with Crippen LogP contribution in [-0.2, 0) is 6.61 Å². The molecule has 0 saturated carbocycles. The number of ether oxygens (including phenoxy) is 2. The molecule has 0 radical (unpaired) electrons. The Hall–Kier alpha value is -2.66. The molecule has 0 aliphatic rings. The van der Waals surface area contributed by atoms with Crippen LogP contribution in [0.5, 0.6) is 11.5 Å².